The number of phenols is 1. The Balaban J connectivity index is 1.27. The van der Waals surface area contributed by atoms with E-state index in [1.54, 1.807) is 36.4 Å². The van der Waals surface area contributed by atoms with Crippen LogP contribution in [0.1, 0.15) is 29.9 Å². The second-order valence-electron chi connectivity index (χ2n) is 14.1. The van der Waals surface area contributed by atoms with Crippen molar-refractivity contribution in [1.29, 1.82) is 0 Å². The Morgan fingerprint density at radius 1 is 0.755 bits per heavy atom. The Hall–Kier alpha value is -6.13. The third kappa shape index (κ3) is 4.58. The first-order valence-corrected chi connectivity index (χ1v) is 17.7. The number of fused-ring (bicyclic) bond motifs is 5. The molecule has 2 aliphatic heterocycles. The van der Waals surface area contributed by atoms with E-state index in [9.17, 15) is 29.6 Å². The minimum Gasteiger partial charge on any atom is -0.507 e. The van der Waals surface area contributed by atoms with Crippen LogP contribution in [0.25, 0.3) is 10.8 Å². The highest BCUT2D eigenvalue weighted by Gasteiger charge is 2.70. The minimum absolute atomic E-state index is 0.0337. The van der Waals surface area contributed by atoms with Crippen LogP contribution in [0.4, 0.5) is 17.1 Å². The van der Waals surface area contributed by atoms with Crippen LogP contribution in [-0.2, 0) is 24.6 Å². The number of non-ortho nitro benzene ring substituents is 1. The number of nitro groups is 1. The third-order valence-corrected chi connectivity index (χ3v) is 12.0. The molecule has 262 valence electrons. The number of phenolic OH excluding ortho intramolecular Hbond substituents is 1. The summed E-state index contributed by atoms with van der Waals surface area (Å²) in [5.74, 6) is -6.04. The number of benzene rings is 5. The second kappa shape index (κ2) is 12.0. The quantitative estimate of drug-likeness (QED) is 0.0859. The zero-order valence-corrected chi connectivity index (χ0v) is 28.7. The van der Waals surface area contributed by atoms with E-state index >= 15 is 4.79 Å². The van der Waals surface area contributed by atoms with Gasteiger partial charge in [0, 0.05) is 34.0 Å². The summed E-state index contributed by atoms with van der Waals surface area (Å²) in [6.07, 6.45) is 2.20. The molecule has 4 amide bonds. The van der Waals surface area contributed by atoms with Gasteiger partial charge in [0.2, 0.25) is 23.6 Å². The Morgan fingerprint density at radius 3 is 2.23 bits per heavy atom. The Kier molecular flexibility index (Phi) is 7.39. The van der Waals surface area contributed by atoms with Gasteiger partial charge in [-0.2, -0.15) is 0 Å². The van der Waals surface area contributed by atoms with Crippen LogP contribution in [0, 0.1) is 33.8 Å². The van der Waals surface area contributed by atoms with E-state index in [0.29, 0.717) is 32.8 Å². The second-order valence-corrected chi connectivity index (χ2v) is 14.5. The summed E-state index contributed by atoms with van der Waals surface area (Å²) in [6, 6.07) is 32.0. The van der Waals surface area contributed by atoms with E-state index < -0.39 is 63.6 Å². The summed E-state index contributed by atoms with van der Waals surface area (Å²) in [7, 11) is 0. The van der Waals surface area contributed by atoms with Gasteiger partial charge < -0.3 is 5.11 Å². The molecule has 0 unspecified atom stereocenters. The molecule has 6 atom stereocenters. The van der Waals surface area contributed by atoms with Crippen molar-refractivity contribution in [2.45, 2.75) is 24.2 Å². The molecule has 2 heterocycles. The molecule has 1 N–H and O–H groups in total. The average Bonchev–Trinajstić information content (AvgIpc) is 3.56. The summed E-state index contributed by atoms with van der Waals surface area (Å²) < 4.78 is 0. The van der Waals surface area contributed by atoms with Crippen molar-refractivity contribution in [3.8, 4) is 5.75 Å². The summed E-state index contributed by atoms with van der Waals surface area (Å²) in [5, 5.41) is 25.2. The van der Waals surface area contributed by atoms with Crippen LogP contribution in [0.5, 0.6) is 5.75 Å². The van der Waals surface area contributed by atoms with E-state index in [4.69, 9.17) is 11.6 Å². The maximum atomic E-state index is 15.5. The topological polar surface area (TPSA) is 138 Å². The van der Waals surface area contributed by atoms with Crippen molar-refractivity contribution in [2.75, 3.05) is 9.80 Å². The highest BCUT2D eigenvalue weighted by molar-refractivity contribution is 6.32. The number of anilines is 2. The number of rotatable bonds is 5. The first-order valence-electron chi connectivity index (χ1n) is 17.3. The number of aromatic hydroxyl groups is 1. The lowest BCUT2D eigenvalue weighted by Crippen LogP contribution is -2.53. The zero-order valence-electron chi connectivity index (χ0n) is 28.0. The Labute approximate surface area is 308 Å². The van der Waals surface area contributed by atoms with Gasteiger partial charge in [0.25, 0.3) is 5.69 Å². The predicted octanol–water partition coefficient (Wildman–Crippen LogP) is 7.47. The summed E-state index contributed by atoms with van der Waals surface area (Å²) in [4.78, 5) is 72.1. The molecule has 10 nitrogen and oxygen atoms in total. The molecule has 11 heteroatoms. The number of amides is 4. The van der Waals surface area contributed by atoms with Gasteiger partial charge in [-0.3, -0.25) is 34.2 Å². The lowest BCUT2D eigenvalue weighted by atomic mass is 9.49. The molecule has 0 aromatic heterocycles. The minimum atomic E-state index is -1.54. The molecule has 3 fully saturated rings. The highest BCUT2D eigenvalue weighted by Crippen LogP contribution is 2.65. The molecule has 53 heavy (non-hydrogen) atoms. The molecule has 4 aliphatic rings. The fourth-order valence-corrected chi connectivity index (χ4v) is 9.76. The molecule has 5 aromatic rings. The molecular weight excluding hydrogens is 694 g/mol. The average molecular weight is 724 g/mol. The molecular formula is C42H30ClN3O7. The molecule has 0 radical (unpaired) electrons. The lowest BCUT2D eigenvalue weighted by molar-refractivity contribution is -0.384. The van der Waals surface area contributed by atoms with Crippen molar-refractivity contribution >= 4 is 63.1 Å². The number of halogens is 1. The van der Waals surface area contributed by atoms with Gasteiger partial charge in [0.15, 0.2) is 0 Å². The molecule has 2 saturated heterocycles. The van der Waals surface area contributed by atoms with Crippen molar-refractivity contribution < 1.29 is 29.2 Å². The fraction of sp³-hybridized carbons (Fsp3) is 0.190. The van der Waals surface area contributed by atoms with Gasteiger partial charge in [-0.15, -0.1) is 0 Å². The van der Waals surface area contributed by atoms with Gasteiger partial charge in [0.1, 0.15) is 5.75 Å². The van der Waals surface area contributed by atoms with Gasteiger partial charge in [-0.25, -0.2) is 4.90 Å². The van der Waals surface area contributed by atoms with Crippen molar-refractivity contribution in [3.05, 3.63) is 153 Å². The first-order chi connectivity index (χ1) is 25.6. The number of hydrogen-bond acceptors (Lipinski definition) is 7. The maximum absolute atomic E-state index is 15.5. The third-order valence-electron chi connectivity index (χ3n) is 11.7. The Morgan fingerprint density at radius 2 is 1.49 bits per heavy atom. The SMILES string of the molecule is O=C1[C@H]2[C@H](CC=C3[C@H]2C[C@H]2C(=O)N(c4cccc(Cl)c4)C(=O)[C@@]2(c2ccccc2)[C@H]3c2ccc3ccccc3c2O)C(=O)N1c1ccc([N+](=O)[O-])cc1. The van der Waals surface area contributed by atoms with E-state index in [2.05, 4.69) is 0 Å². The van der Waals surface area contributed by atoms with Crippen LogP contribution in [0.3, 0.4) is 0 Å². The molecule has 2 aliphatic carbocycles. The van der Waals surface area contributed by atoms with Crippen LogP contribution in [-0.4, -0.2) is 33.7 Å². The lowest BCUT2D eigenvalue weighted by Gasteiger charge is -2.50. The van der Waals surface area contributed by atoms with Gasteiger partial charge in [-0.05, 0) is 60.0 Å². The number of carbonyl (C=O) groups excluding carboxylic acids is 4. The molecule has 9 rings (SSSR count). The maximum Gasteiger partial charge on any atom is 0.269 e. The molecule has 0 spiro atoms. The summed E-state index contributed by atoms with van der Waals surface area (Å²) >= 11 is 6.40. The van der Waals surface area contributed by atoms with Crippen LogP contribution in [0.2, 0.25) is 5.02 Å². The number of imide groups is 2. The van der Waals surface area contributed by atoms with Gasteiger partial charge in [0.05, 0.1) is 39.5 Å². The van der Waals surface area contributed by atoms with Gasteiger partial charge >= 0.3 is 0 Å². The summed E-state index contributed by atoms with van der Waals surface area (Å²) in [5.41, 5.74) is 0.546. The largest absolute Gasteiger partial charge is 0.507 e. The number of nitrogens with zero attached hydrogens (tertiary/aromatic N) is 3. The monoisotopic (exact) mass is 723 g/mol. The molecule has 1 saturated carbocycles. The Bertz CT molecular complexity index is 2450. The number of carbonyl (C=O) groups is 4. The van der Waals surface area contributed by atoms with Crippen molar-refractivity contribution in [3.63, 3.8) is 0 Å². The normalized spacial score (nSPS) is 26.4. The van der Waals surface area contributed by atoms with Crippen LogP contribution >= 0.6 is 11.6 Å². The van der Waals surface area contributed by atoms with Crippen LogP contribution in [0.15, 0.2) is 127 Å². The standard InChI is InChI=1S/C42H30ClN3O7/c43-25-10-6-11-28(21-25)45-39(49)34-22-33-30(19-20-31-35(33)40(50)44(38(31)48)26-14-16-27(17-15-26)46(52)53)36(42(34,41(45)51)24-8-2-1-3-9-24)32-18-13-23-7-4-5-12-29(23)37(32)47/h1-19,21,31,33-36,47H,20,22H2/t31-,33+,34-,35-,36+,42+/m0/s1. The summed E-state index contributed by atoms with van der Waals surface area (Å²) in [6.45, 7) is 0. The van der Waals surface area contributed by atoms with E-state index in [-0.39, 0.29) is 30.0 Å². The van der Waals surface area contributed by atoms with Crippen molar-refractivity contribution in [2.24, 2.45) is 23.7 Å². The predicted molar refractivity (Wildman–Crippen MR) is 197 cm³/mol. The fourth-order valence-electron chi connectivity index (χ4n) is 9.57. The van der Waals surface area contributed by atoms with Crippen LogP contribution < -0.4 is 9.80 Å². The smallest absolute Gasteiger partial charge is 0.269 e. The van der Waals surface area contributed by atoms with E-state index in [0.717, 1.165) is 10.3 Å². The number of hydrogen-bond donors (Lipinski definition) is 1. The number of nitro benzene ring substituents is 1. The first kappa shape index (κ1) is 32.8. The van der Waals surface area contributed by atoms with Crippen molar-refractivity contribution in [1.82, 2.24) is 0 Å². The number of allylic oxidation sites excluding steroid dienone is 2. The molecule has 5 aromatic carbocycles. The van der Waals surface area contributed by atoms with E-state index in [1.807, 2.05) is 60.7 Å². The van der Waals surface area contributed by atoms with E-state index in [1.165, 1.54) is 29.2 Å². The molecule has 0 bridgehead atoms. The highest BCUT2D eigenvalue weighted by atomic mass is 35.5. The zero-order chi connectivity index (χ0) is 36.8. The van der Waals surface area contributed by atoms with Gasteiger partial charge in [-0.1, -0.05) is 96.0 Å².